The highest BCUT2D eigenvalue weighted by molar-refractivity contribution is 6.34. The average molecular weight is 547 g/mol. The number of anilines is 2. The minimum atomic E-state index is -0.776. The Labute approximate surface area is 218 Å². The molecule has 0 radical (unpaired) electrons. The van der Waals surface area contributed by atoms with E-state index in [2.05, 4.69) is 25.5 Å². The van der Waals surface area contributed by atoms with Gasteiger partial charge in [0.25, 0.3) is 0 Å². The zero-order valence-corrected chi connectivity index (χ0v) is 21.3. The number of rotatable bonds is 6. The van der Waals surface area contributed by atoms with Crippen LogP contribution in [0, 0.1) is 0 Å². The lowest BCUT2D eigenvalue weighted by atomic mass is 10.2. The molecule has 0 aliphatic rings. The Balaban J connectivity index is 1.64. The Hall–Kier alpha value is -3.67. The Bertz CT molecular complexity index is 1740. The van der Waals surface area contributed by atoms with Crippen molar-refractivity contribution in [1.29, 1.82) is 0 Å². The molecule has 0 saturated heterocycles. The molecule has 0 aliphatic heterocycles. The maximum atomic E-state index is 13.6. The Morgan fingerprint density at radius 2 is 1.72 bits per heavy atom. The molecule has 0 saturated carbocycles. The Morgan fingerprint density at radius 1 is 0.917 bits per heavy atom. The predicted molar refractivity (Wildman–Crippen MR) is 137 cm³/mol. The fourth-order valence-corrected chi connectivity index (χ4v) is 4.30. The molecule has 0 unspecified atom stereocenters. The molecule has 184 valence electrons. The van der Waals surface area contributed by atoms with Crippen LogP contribution in [0.1, 0.15) is 11.4 Å². The number of halogens is 3. The van der Waals surface area contributed by atoms with E-state index < -0.39 is 11.4 Å². The molecule has 3 heterocycles. The number of aryl methyl sites for hydroxylation is 2. The molecule has 36 heavy (non-hydrogen) atoms. The van der Waals surface area contributed by atoms with Gasteiger partial charge in [-0.1, -0.05) is 34.8 Å². The third-order valence-corrected chi connectivity index (χ3v) is 6.30. The van der Waals surface area contributed by atoms with E-state index in [1.807, 2.05) is 6.20 Å². The highest BCUT2D eigenvalue weighted by Gasteiger charge is 2.18. The van der Waals surface area contributed by atoms with Crippen LogP contribution in [0.3, 0.4) is 0 Å². The van der Waals surface area contributed by atoms with E-state index in [1.165, 1.54) is 15.6 Å². The van der Waals surface area contributed by atoms with Gasteiger partial charge in [-0.2, -0.15) is 15.2 Å². The quantitative estimate of drug-likeness (QED) is 0.347. The van der Waals surface area contributed by atoms with E-state index >= 15 is 0 Å². The van der Waals surface area contributed by atoms with Gasteiger partial charge in [0.05, 0.1) is 29.3 Å². The number of aromatic nitrogens is 8. The van der Waals surface area contributed by atoms with Gasteiger partial charge in [-0.05, 0) is 35.9 Å². The van der Waals surface area contributed by atoms with Crippen LogP contribution >= 0.6 is 34.8 Å². The highest BCUT2D eigenvalue weighted by atomic mass is 35.5. The second-order valence-electron chi connectivity index (χ2n) is 8.06. The number of hydrogen-bond acceptors (Lipinski definition) is 7. The van der Waals surface area contributed by atoms with Crippen molar-refractivity contribution in [3.05, 3.63) is 90.3 Å². The Kier molecular flexibility index (Phi) is 6.29. The summed E-state index contributed by atoms with van der Waals surface area (Å²) < 4.78 is 5.37. The van der Waals surface area contributed by atoms with Gasteiger partial charge in [0.2, 0.25) is 5.95 Å². The van der Waals surface area contributed by atoms with Crippen molar-refractivity contribution in [3.63, 3.8) is 0 Å². The number of hydrogen-bond donors (Lipinski definition) is 1. The van der Waals surface area contributed by atoms with Crippen LogP contribution in [0.4, 0.5) is 11.6 Å². The van der Waals surface area contributed by atoms with E-state index in [-0.39, 0.29) is 24.9 Å². The molecular formula is C22H18Cl3N9O2. The minimum Gasteiger partial charge on any atom is -0.324 e. The third kappa shape index (κ3) is 4.72. The molecular weight excluding hydrogens is 529 g/mol. The summed E-state index contributed by atoms with van der Waals surface area (Å²) >= 11 is 19.0. The van der Waals surface area contributed by atoms with Crippen LogP contribution in [-0.2, 0) is 27.2 Å². The smallest absolute Gasteiger partial charge is 0.324 e. The number of nitrogens with one attached hydrogen (secondary N) is 1. The van der Waals surface area contributed by atoms with Crippen LogP contribution < -0.4 is 16.7 Å². The molecule has 11 nitrogen and oxygen atoms in total. The zero-order chi connectivity index (χ0) is 25.6. The van der Waals surface area contributed by atoms with Crippen LogP contribution in [-0.4, -0.2) is 38.7 Å². The summed E-state index contributed by atoms with van der Waals surface area (Å²) in [5, 5.41) is 13.5. The third-order valence-electron chi connectivity index (χ3n) is 5.39. The standard InChI is InChI=1S/C22H18Cl3N9O2/c1-31-8-13-6-18(16(25)7-17(13)29-31)27-20-28-21(35)34(10-19-26-11-32(2)30-19)22(36)33(20)9-12-5-14(23)3-4-15(12)24/h3-8,11H,9-10H2,1-2H3,(H,27,28,35). The van der Waals surface area contributed by atoms with Gasteiger partial charge in [-0.15, -0.1) is 0 Å². The maximum absolute atomic E-state index is 13.6. The highest BCUT2D eigenvalue weighted by Crippen LogP contribution is 2.29. The van der Waals surface area contributed by atoms with Crippen LogP contribution in [0.5, 0.6) is 0 Å². The summed E-state index contributed by atoms with van der Waals surface area (Å²) in [5.41, 5.74) is 0.286. The molecule has 0 amide bonds. The van der Waals surface area contributed by atoms with Crippen molar-refractivity contribution in [2.75, 3.05) is 5.32 Å². The summed E-state index contributed by atoms with van der Waals surface area (Å²) in [6.45, 7) is -0.173. The molecule has 0 spiro atoms. The predicted octanol–water partition coefficient (Wildman–Crippen LogP) is 3.22. The minimum absolute atomic E-state index is 0.0172. The topological polar surface area (TPSA) is 117 Å². The lowest BCUT2D eigenvalue weighted by molar-refractivity contribution is 0.573. The first-order valence-corrected chi connectivity index (χ1v) is 11.7. The molecule has 3 aromatic heterocycles. The van der Waals surface area contributed by atoms with Crippen LogP contribution in [0.15, 0.2) is 52.4 Å². The lowest BCUT2D eigenvalue weighted by Crippen LogP contribution is -2.43. The van der Waals surface area contributed by atoms with Gasteiger partial charge in [-0.3, -0.25) is 13.9 Å². The van der Waals surface area contributed by atoms with Crippen LogP contribution in [0.2, 0.25) is 15.1 Å². The summed E-state index contributed by atoms with van der Waals surface area (Å²) in [7, 11) is 3.48. The molecule has 0 atom stereocenters. The summed E-state index contributed by atoms with van der Waals surface area (Å²) in [6.07, 6.45) is 3.30. The molecule has 0 aliphatic carbocycles. The van der Waals surface area contributed by atoms with Crippen molar-refractivity contribution in [3.8, 4) is 0 Å². The summed E-state index contributed by atoms with van der Waals surface area (Å²) in [6, 6.07) is 8.36. The van der Waals surface area contributed by atoms with E-state index in [1.54, 1.807) is 49.1 Å². The van der Waals surface area contributed by atoms with Crippen molar-refractivity contribution in [1.82, 2.24) is 38.7 Å². The number of benzene rings is 2. The molecule has 0 fully saturated rings. The van der Waals surface area contributed by atoms with Gasteiger partial charge in [0.15, 0.2) is 5.82 Å². The summed E-state index contributed by atoms with van der Waals surface area (Å²) in [5.74, 6) is 0.271. The monoisotopic (exact) mass is 545 g/mol. The maximum Gasteiger partial charge on any atom is 0.355 e. The van der Waals surface area contributed by atoms with Crippen molar-refractivity contribution in [2.24, 2.45) is 14.1 Å². The SMILES string of the molecule is Cn1cnc(Cn2c(=O)nc(Nc3cc4cn(C)nc4cc3Cl)n(Cc3cc(Cl)ccc3Cl)c2=O)n1. The van der Waals surface area contributed by atoms with Gasteiger partial charge in [0.1, 0.15) is 6.33 Å². The average Bonchev–Trinajstić information content (AvgIpc) is 3.39. The van der Waals surface area contributed by atoms with Crippen molar-refractivity contribution in [2.45, 2.75) is 13.1 Å². The first-order chi connectivity index (χ1) is 17.2. The fourth-order valence-electron chi connectivity index (χ4n) is 3.72. The first-order valence-electron chi connectivity index (χ1n) is 10.6. The lowest BCUT2D eigenvalue weighted by Gasteiger charge is -2.16. The largest absolute Gasteiger partial charge is 0.355 e. The van der Waals surface area contributed by atoms with Crippen LogP contribution in [0.25, 0.3) is 10.9 Å². The first kappa shape index (κ1) is 24.0. The zero-order valence-electron chi connectivity index (χ0n) is 19.0. The molecule has 5 rings (SSSR count). The van der Waals surface area contributed by atoms with E-state index in [4.69, 9.17) is 34.8 Å². The molecule has 2 aromatic carbocycles. The second-order valence-corrected chi connectivity index (χ2v) is 9.31. The van der Waals surface area contributed by atoms with Gasteiger partial charge in [-0.25, -0.2) is 19.1 Å². The van der Waals surface area contributed by atoms with Crippen molar-refractivity contribution >= 4 is 57.3 Å². The normalized spacial score (nSPS) is 11.4. The van der Waals surface area contributed by atoms with Crippen molar-refractivity contribution < 1.29 is 0 Å². The molecule has 1 N–H and O–H groups in total. The van der Waals surface area contributed by atoms with E-state index in [0.717, 1.165) is 9.95 Å². The molecule has 5 aromatic rings. The van der Waals surface area contributed by atoms with E-state index in [9.17, 15) is 9.59 Å². The van der Waals surface area contributed by atoms with Gasteiger partial charge in [0, 0.05) is 35.7 Å². The van der Waals surface area contributed by atoms with E-state index in [0.29, 0.717) is 31.8 Å². The van der Waals surface area contributed by atoms with Gasteiger partial charge >= 0.3 is 11.4 Å². The second kappa shape index (κ2) is 9.41. The molecule has 14 heteroatoms. The fraction of sp³-hybridized carbons (Fsp3) is 0.182. The number of fused-ring (bicyclic) bond motifs is 1. The van der Waals surface area contributed by atoms with Gasteiger partial charge < -0.3 is 5.32 Å². The summed E-state index contributed by atoms with van der Waals surface area (Å²) in [4.78, 5) is 34.8. The number of nitrogens with zero attached hydrogens (tertiary/aromatic N) is 8. The Morgan fingerprint density at radius 3 is 2.47 bits per heavy atom. The molecule has 0 bridgehead atoms.